The molecule has 1 saturated heterocycles. The molecule has 0 spiro atoms. The van der Waals surface area contributed by atoms with Crippen molar-refractivity contribution in [3.8, 4) is 0 Å². The third kappa shape index (κ3) is 4.15. The van der Waals surface area contributed by atoms with E-state index in [0.29, 0.717) is 5.69 Å². The maximum absolute atomic E-state index is 11.9. The predicted octanol–water partition coefficient (Wildman–Crippen LogP) is 0.507. The molecule has 1 aromatic carbocycles. The number of hydrogen-bond donors (Lipinski definition) is 2. The van der Waals surface area contributed by atoms with E-state index < -0.39 is 5.91 Å². The smallest absolute Gasteiger partial charge is 0.243 e. The number of anilines is 1. The van der Waals surface area contributed by atoms with Crippen LogP contribution in [0.1, 0.15) is 24.0 Å². The van der Waals surface area contributed by atoms with Crippen LogP contribution in [0.5, 0.6) is 0 Å². The molecule has 0 aromatic heterocycles. The molecule has 0 radical (unpaired) electrons. The van der Waals surface area contributed by atoms with Crippen molar-refractivity contribution in [3.63, 3.8) is 0 Å². The zero-order valence-electron chi connectivity index (χ0n) is 13.1. The number of likely N-dealkylation sites (tertiary alicyclic amines) is 1. The molecule has 2 N–H and O–H groups in total. The van der Waals surface area contributed by atoms with Crippen molar-refractivity contribution >= 4 is 29.3 Å². The minimum Gasteiger partial charge on any atom is -0.345 e. The van der Waals surface area contributed by atoms with E-state index >= 15 is 0 Å². The number of carbonyl (C=O) groups is 4. The number of amides is 4. The Balaban J connectivity index is 1.82. The number of benzene rings is 1. The summed E-state index contributed by atoms with van der Waals surface area (Å²) in [7, 11) is 0. The van der Waals surface area contributed by atoms with Gasteiger partial charge in [-0.2, -0.15) is 0 Å². The highest BCUT2D eigenvalue weighted by Gasteiger charge is 2.30. The Bertz CT molecular complexity index is 653. The number of hydrogen-bond acceptors (Lipinski definition) is 4. The predicted molar refractivity (Wildman–Crippen MR) is 83.5 cm³/mol. The lowest BCUT2D eigenvalue weighted by molar-refractivity contribution is -0.142. The number of nitrogens with zero attached hydrogens (tertiary/aromatic N) is 1. The standard InChI is InChI=1S/C16H19N3O4/c1-10-4-3-5-12(11(10)2)18-13(20)8-17-14(21)9-19-15(22)6-7-16(19)23/h3-5H,6-9H2,1-2H3,(H,17,21)(H,18,20). The van der Waals surface area contributed by atoms with Crippen LogP contribution in [0.4, 0.5) is 5.69 Å². The zero-order valence-corrected chi connectivity index (χ0v) is 13.1. The van der Waals surface area contributed by atoms with Gasteiger partial charge in [0.15, 0.2) is 0 Å². The van der Waals surface area contributed by atoms with Gasteiger partial charge < -0.3 is 10.6 Å². The molecule has 2 rings (SSSR count). The number of imide groups is 1. The van der Waals surface area contributed by atoms with Gasteiger partial charge in [-0.15, -0.1) is 0 Å². The van der Waals surface area contributed by atoms with E-state index in [4.69, 9.17) is 0 Å². The van der Waals surface area contributed by atoms with Crippen molar-refractivity contribution in [1.82, 2.24) is 10.2 Å². The van der Waals surface area contributed by atoms with Crippen LogP contribution in [0, 0.1) is 13.8 Å². The monoisotopic (exact) mass is 317 g/mol. The summed E-state index contributed by atoms with van der Waals surface area (Å²) >= 11 is 0. The zero-order chi connectivity index (χ0) is 17.0. The lowest BCUT2D eigenvalue weighted by Gasteiger charge is -2.14. The lowest BCUT2D eigenvalue weighted by atomic mass is 10.1. The van der Waals surface area contributed by atoms with Crippen molar-refractivity contribution in [1.29, 1.82) is 0 Å². The van der Waals surface area contributed by atoms with E-state index in [1.807, 2.05) is 26.0 Å². The fraction of sp³-hybridized carbons (Fsp3) is 0.375. The van der Waals surface area contributed by atoms with E-state index in [1.54, 1.807) is 6.07 Å². The summed E-state index contributed by atoms with van der Waals surface area (Å²) in [5.74, 6) is -1.62. The quantitative estimate of drug-likeness (QED) is 0.773. The van der Waals surface area contributed by atoms with Crippen molar-refractivity contribution < 1.29 is 19.2 Å². The minimum atomic E-state index is -0.537. The first kappa shape index (κ1) is 16.7. The molecule has 7 nitrogen and oxygen atoms in total. The van der Waals surface area contributed by atoms with Crippen LogP contribution in [0.15, 0.2) is 18.2 Å². The maximum Gasteiger partial charge on any atom is 0.243 e. The lowest BCUT2D eigenvalue weighted by Crippen LogP contribution is -2.42. The third-order valence-electron chi connectivity index (χ3n) is 3.78. The Morgan fingerprint density at radius 1 is 1.09 bits per heavy atom. The SMILES string of the molecule is Cc1cccc(NC(=O)CNC(=O)CN2C(=O)CCC2=O)c1C. The van der Waals surface area contributed by atoms with Crippen molar-refractivity contribution in [2.45, 2.75) is 26.7 Å². The van der Waals surface area contributed by atoms with E-state index in [1.165, 1.54) is 0 Å². The molecule has 7 heteroatoms. The van der Waals surface area contributed by atoms with E-state index in [2.05, 4.69) is 10.6 Å². The van der Waals surface area contributed by atoms with Crippen molar-refractivity contribution in [2.24, 2.45) is 0 Å². The van der Waals surface area contributed by atoms with Gasteiger partial charge in [-0.3, -0.25) is 24.1 Å². The van der Waals surface area contributed by atoms with Crippen molar-refractivity contribution in [2.75, 3.05) is 18.4 Å². The second-order valence-electron chi connectivity index (χ2n) is 5.45. The molecule has 0 aliphatic carbocycles. The number of carbonyl (C=O) groups excluding carboxylic acids is 4. The van der Waals surface area contributed by atoms with Gasteiger partial charge in [-0.05, 0) is 31.0 Å². The van der Waals surface area contributed by atoms with Crippen LogP contribution in [0.2, 0.25) is 0 Å². The van der Waals surface area contributed by atoms with Gasteiger partial charge in [0.25, 0.3) is 0 Å². The van der Waals surface area contributed by atoms with E-state index in [-0.39, 0.29) is 43.7 Å². The largest absolute Gasteiger partial charge is 0.345 e. The molecule has 23 heavy (non-hydrogen) atoms. The number of nitrogens with one attached hydrogen (secondary N) is 2. The molecule has 1 aromatic rings. The summed E-state index contributed by atoms with van der Waals surface area (Å²) in [5.41, 5.74) is 2.70. The number of aryl methyl sites for hydroxylation is 1. The summed E-state index contributed by atoms with van der Waals surface area (Å²) in [6, 6.07) is 5.56. The molecule has 0 unspecified atom stereocenters. The summed E-state index contributed by atoms with van der Waals surface area (Å²) in [5, 5.41) is 5.12. The Labute approximate surface area is 134 Å². The highest BCUT2D eigenvalue weighted by Crippen LogP contribution is 2.17. The second-order valence-corrected chi connectivity index (χ2v) is 5.45. The van der Waals surface area contributed by atoms with Crippen molar-refractivity contribution in [3.05, 3.63) is 29.3 Å². The Morgan fingerprint density at radius 2 is 1.74 bits per heavy atom. The summed E-state index contributed by atoms with van der Waals surface area (Å²) in [4.78, 5) is 47.3. The highest BCUT2D eigenvalue weighted by atomic mass is 16.2. The highest BCUT2D eigenvalue weighted by molar-refractivity contribution is 6.05. The van der Waals surface area contributed by atoms with Crippen LogP contribution in [0.3, 0.4) is 0 Å². The summed E-state index contributed by atoms with van der Waals surface area (Å²) < 4.78 is 0. The molecule has 4 amide bonds. The van der Waals surface area contributed by atoms with E-state index in [9.17, 15) is 19.2 Å². The van der Waals surface area contributed by atoms with Gasteiger partial charge in [0.2, 0.25) is 23.6 Å². The second kappa shape index (κ2) is 7.04. The molecule has 0 bridgehead atoms. The summed E-state index contributed by atoms with van der Waals surface area (Å²) in [6.45, 7) is 3.28. The Morgan fingerprint density at radius 3 is 2.39 bits per heavy atom. The first-order chi connectivity index (χ1) is 10.9. The van der Waals surface area contributed by atoms with Gasteiger partial charge in [-0.25, -0.2) is 0 Å². The minimum absolute atomic E-state index is 0.138. The summed E-state index contributed by atoms with van der Waals surface area (Å²) in [6.07, 6.45) is 0.276. The average molecular weight is 317 g/mol. The van der Waals surface area contributed by atoms with Crippen LogP contribution in [-0.4, -0.2) is 41.6 Å². The van der Waals surface area contributed by atoms with E-state index in [0.717, 1.165) is 16.0 Å². The third-order valence-corrected chi connectivity index (χ3v) is 3.78. The first-order valence-electron chi connectivity index (χ1n) is 7.34. The number of rotatable bonds is 5. The van der Waals surface area contributed by atoms with Crippen LogP contribution in [0.25, 0.3) is 0 Å². The normalized spacial score (nSPS) is 14.1. The van der Waals surface area contributed by atoms with Gasteiger partial charge >= 0.3 is 0 Å². The molecule has 1 aliphatic rings. The van der Waals surface area contributed by atoms with Gasteiger partial charge in [-0.1, -0.05) is 12.1 Å². The molecular formula is C16H19N3O4. The Kier molecular flexibility index (Phi) is 5.10. The molecule has 0 atom stereocenters. The van der Waals surface area contributed by atoms with Crippen LogP contribution in [-0.2, 0) is 19.2 Å². The molecule has 0 saturated carbocycles. The Hall–Kier alpha value is -2.70. The fourth-order valence-electron chi connectivity index (χ4n) is 2.26. The molecular weight excluding hydrogens is 298 g/mol. The topological polar surface area (TPSA) is 95.6 Å². The molecule has 1 heterocycles. The van der Waals surface area contributed by atoms with Gasteiger partial charge in [0.05, 0.1) is 6.54 Å². The molecule has 1 fully saturated rings. The van der Waals surface area contributed by atoms with Crippen LogP contribution < -0.4 is 10.6 Å². The molecule has 122 valence electrons. The molecule has 1 aliphatic heterocycles. The van der Waals surface area contributed by atoms with Crippen LogP contribution >= 0.6 is 0 Å². The van der Waals surface area contributed by atoms with Gasteiger partial charge in [0, 0.05) is 18.5 Å². The first-order valence-corrected chi connectivity index (χ1v) is 7.34. The van der Waals surface area contributed by atoms with Gasteiger partial charge in [0.1, 0.15) is 6.54 Å². The fourth-order valence-corrected chi connectivity index (χ4v) is 2.26. The average Bonchev–Trinajstić information content (AvgIpc) is 2.82. The maximum atomic E-state index is 11.9.